The molecule has 11 heavy (non-hydrogen) atoms. The largest absolute Gasteiger partial charge is 0.393 e. The van der Waals surface area contributed by atoms with Gasteiger partial charge < -0.3 is 25.2 Å². The molecule has 1 unspecified atom stereocenters. The molecule has 1 fully saturated rings. The van der Waals surface area contributed by atoms with Gasteiger partial charge in [0.1, 0.15) is 0 Å². The monoisotopic (exact) mass is 164 g/mol. The fourth-order valence-electron chi connectivity index (χ4n) is 1.14. The summed E-state index contributed by atoms with van der Waals surface area (Å²) in [5.41, 5.74) is 0. The molecule has 0 aromatic heterocycles. The summed E-state index contributed by atoms with van der Waals surface area (Å²) in [7, 11) is 0. The van der Waals surface area contributed by atoms with Gasteiger partial charge in [0, 0.05) is 12.8 Å². The summed E-state index contributed by atoms with van der Waals surface area (Å²) in [6, 6.07) is 0. The first-order valence-corrected chi connectivity index (χ1v) is 3.43. The fraction of sp³-hybridized carbons (Fsp3) is 1.00. The van der Waals surface area contributed by atoms with Crippen molar-refractivity contribution < 1.29 is 25.2 Å². The Bertz CT molecular complexity index is 127. The highest BCUT2D eigenvalue weighted by Gasteiger charge is 2.38. The molecular weight excluding hydrogens is 152 g/mol. The van der Waals surface area contributed by atoms with Gasteiger partial charge in [-0.1, -0.05) is 0 Å². The summed E-state index contributed by atoms with van der Waals surface area (Å²) in [6.07, 6.45) is -2.02. The van der Waals surface area contributed by atoms with E-state index in [4.69, 9.17) is 15.3 Å². The number of ether oxygens (including phenoxy) is 1. The van der Waals surface area contributed by atoms with Crippen molar-refractivity contribution in [2.24, 2.45) is 0 Å². The van der Waals surface area contributed by atoms with Crippen LogP contribution in [0.4, 0.5) is 0 Å². The molecule has 0 aromatic carbocycles. The smallest absolute Gasteiger partial charge is 0.194 e. The minimum Gasteiger partial charge on any atom is -0.393 e. The third-order valence-electron chi connectivity index (χ3n) is 1.63. The number of hydrogen-bond acceptors (Lipinski definition) is 5. The van der Waals surface area contributed by atoms with E-state index in [0.29, 0.717) is 0 Å². The molecule has 0 amide bonds. The van der Waals surface area contributed by atoms with Crippen LogP contribution in [0.25, 0.3) is 0 Å². The zero-order valence-corrected chi connectivity index (χ0v) is 5.97. The van der Waals surface area contributed by atoms with E-state index >= 15 is 0 Å². The van der Waals surface area contributed by atoms with Gasteiger partial charge in [-0.05, 0) is 0 Å². The highest BCUT2D eigenvalue weighted by molar-refractivity contribution is 4.77. The van der Waals surface area contributed by atoms with E-state index in [9.17, 15) is 5.11 Å². The Hall–Kier alpha value is -0.200. The second-order valence-corrected chi connectivity index (χ2v) is 2.77. The first-order valence-electron chi connectivity index (χ1n) is 3.43. The van der Waals surface area contributed by atoms with E-state index in [1.165, 1.54) is 0 Å². The molecule has 3 atom stereocenters. The van der Waals surface area contributed by atoms with Crippen molar-refractivity contribution in [1.82, 2.24) is 0 Å². The SMILES string of the molecule is OCC1(O)C[C@H](O)C[C@@H](O)O1. The molecule has 0 aliphatic carbocycles. The van der Waals surface area contributed by atoms with Crippen LogP contribution in [0.1, 0.15) is 12.8 Å². The van der Waals surface area contributed by atoms with Crippen LogP contribution in [0, 0.1) is 0 Å². The number of aliphatic hydroxyl groups is 4. The lowest BCUT2D eigenvalue weighted by Crippen LogP contribution is -2.48. The van der Waals surface area contributed by atoms with Gasteiger partial charge in [-0.2, -0.15) is 0 Å². The predicted molar refractivity (Wildman–Crippen MR) is 34.4 cm³/mol. The second kappa shape index (κ2) is 3.04. The van der Waals surface area contributed by atoms with E-state index in [1.54, 1.807) is 0 Å². The molecule has 0 saturated carbocycles. The molecule has 0 spiro atoms. The minimum atomic E-state index is -1.78. The van der Waals surface area contributed by atoms with Crippen LogP contribution >= 0.6 is 0 Å². The van der Waals surface area contributed by atoms with Crippen molar-refractivity contribution in [3.05, 3.63) is 0 Å². The minimum absolute atomic E-state index is 0.0689. The van der Waals surface area contributed by atoms with E-state index in [0.717, 1.165) is 0 Å². The van der Waals surface area contributed by atoms with Crippen LogP contribution in [0.3, 0.4) is 0 Å². The maximum absolute atomic E-state index is 9.23. The Kier molecular flexibility index (Phi) is 2.46. The molecule has 1 aliphatic rings. The first-order chi connectivity index (χ1) is 5.06. The van der Waals surface area contributed by atoms with Crippen LogP contribution in [0.5, 0.6) is 0 Å². The Morgan fingerprint density at radius 1 is 1.45 bits per heavy atom. The third kappa shape index (κ3) is 2.11. The molecule has 1 rings (SSSR count). The molecule has 0 bridgehead atoms. The van der Waals surface area contributed by atoms with Gasteiger partial charge in [0.25, 0.3) is 0 Å². The quantitative estimate of drug-likeness (QED) is 0.365. The summed E-state index contributed by atoms with van der Waals surface area (Å²) < 4.78 is 4.59. The highest BCUT2D eigenvalue weighted by atomic mass is 16.7. The lowest BCUT2D eigenvalue weighted by Gasteiger charge is -2.35. The molecule has 66 valence electrons. The first kappa shape index (κ1) is 8.89. The van der Waals surface area contributed by atoms with Gasteiger partial charge in [-0.25, -0.2) is 0 Å². The van der Waals surface area contributed by atoms with Gasteiger partial charge in [0.2, 0.25) is 0 Å². The van der Waals surface area contributed by atoms with Crippen LogP contribution in [0.2, 0.25) is 0 Å². The average molecular weight is 164 g/mol. The molecule has 0 radical (unpaired) electrons. The third-order valence-corrected chi connectivity index (χ3v) is 1.63. The summed E-state index contributed by atoms with van der Waals surface area (Å²) in [5, 5.41) is 35.7. The molecular formula is C6H12O5. The van der Waals surface area contributed by atoms with Crippen LogP contribution in [-0.2, 0) is 4.74 Å². The van der Waals surface area contributed by atoms with E-state index in [2.05, 4.69) is 4.74 Å². The zero-order valence-electron chi connectivity index (χ0n) is 5.97. The normalized spacial score (nSPS) is 45.8. The maximum atomic E-state index is 9.23. The highest BCUT2D eigenvalue weighted by Crippen LogP contribution is 2.25. The fourth-order valence-corrected chi connectivity index (χ4v) is 1.14. The van der Waals surface area contributed by atoms with Gasteiger partial charge in [0.05, 0.1) is 12.7 Å². The van der Waals surface area contributed by atoms with Crippen molar-refractivity contribution in [2.45, 2.75) is 31.0 Å². The topological polar surface area (TPSA) is 90.2 Å². The molecule has 4 N–H and O–H groups in total. The van der Waals surface area contributed by atoms with Gasteiger partial charge in [-0.3, -0.25) is 0 Å². The van der Waals surface area contributed by atoms with Crippen LogP contribution < -0.4 is 0 Å². The van der Waals surface area contributed by atoms with Crippen LogP contribution in [0.15, 0.2) is 0 Å². The lowest BCUT2D eigenvalue weighted by molar-refractivity contribution is -0.327. The molecule has 1 aliphatic heterocycles. The molecule has 1 saturated heterocycles. The van der Waals surface area contributed by atoms with Gasteiger partial charge in [-0.15, -0.1) is 0 Å². The van der Waals surface area contributed by atoms with Gasteiger partial charge in [0.15, 0.2) is 12.1 Å². The van der Waals surface area contributed by atoms with Crippen molar-refractivity contribution in [2.75, 3.05) is 6.61 Å². The molecule has 5 nitrogen and oxygen atoms in total. The van der Waals surface area contributed by atoms with Crippen molar-refractivity contribution in [3.63, 3.8) is 0 Å². The number of rotatable bonds is 1. The molecule has 1 heterocycles. The lowest BCUT2D eigenvalue weighted by atomic mass is 10.0. The van der Waals surface area contributed by atoms with E-state index in [1.807, 2.05) is 0 Å². The van der Waals surface area contributed by atoms with Crippen molar-refractivity contribution in [3.8, 4) is 0 Å². The second-order valence-electron chi connectivity index (χ2n) is 2.77. The molecule has 5 heteroatoms. The molecule has 0 aromatic rings. The average Bonchev–Trinajstić information content (AvgIpc) is 1.84. The summed E-state index contributed by atoms with van der Waals surface area (Å²) in [6.45, 7) is -0.624. The van der Waals surface area contributed by atoms with E-state index in [-0.39, 0.29) is 12.8 Å². The van der Waals surface area contributed by atoms with Crippen LogP contribution in [-0.4, -0.2) is 45.2 Å². The van der Waals surface area contributed by atoms with Crippen molar-refractivity contribution >= 4 is 0 Å². The zero-order chi connectivity index (χ0) is 8.48. The summed E-state index contributed by atoms with van der Waals surface area (Å²) >= 11 is 0. The summed E-state index contributed by atoms with van der Waals surface area (Å²) in [4.78, 5) is 0. The van der Waals surface area contributed by atoms with E-state index < -0.39 is 24.8 Å². The number of hydrogen-bond donors (Lipinski definition) is 4. The number of aliphatic hydroxyl groups excluding tert-OH is 3. The Labute approximate surface area is 63.8 Å². The van der Waals surface area contributed by atoms with Gasteiger partial charge >= 0.3 is 0 Å². The maximum Gasteiger partial charge on any atom is 0.194 e. The summed E-state index contributed by atoms with van der Waals surface area (Å²) in [5.74, 6) is -1.78. The Morgan fingerprint density at radius 3 is 2.55 bits per heavy atom. The Balaban J connectivity index is 2.55. The predicted octanol–water partition coefficient (Wildman–Crippen LogP) is -1.84. The Morgan fingerprint density at radius 2 is 2.09 bits per heavy atom. The standard InChI is InChI=1S/C6H12O5/c7-3-6(10)2-4(8)1-5(9)11-6/h4-5,7-10H,1-3H2/t4-,5+,6?/m1/s1. The van der Waals surface area contributed by atoms with Crippen molar-refractivity contribution in [1.29, 1.82) is 0 Å².